The average molecular weight is 285 g/mol. The number of rotatable bonds is 6. The zero-order valence-electron chi connectivity index (χ0n) is 11.4. The summed E-state index contributed by atoms with van der Waals surface area (Å²) < 4.78 is 0. The number of amides is 1. The van der Waals surface area contributed by atoms with E-state index in [1.807, 2.05) is 18.2 Å². The van der Waals surface area contributed by atoms with Crippen LogP contribution in [-0.4, -0.2) is 5.91 Å². The van der Waals surface area contributed by atoms with E-state index in [0.29, 0.717) is 12.3 Å². The van der Waals surface area contributed by atoms with Crippen LogP contribution in [0.4, 0.5) is 0 Å². The van der Waals surface area contributed by atoms with Gasteiger partial charge in [-0.15, -0.1) is 0 Å². The normalized spacial score (nSPS) is 15.8. The number of benzene rings is 1. The first kappa shape index (κ1) is 13.4. The minimum Gasteiger partial charge on any atom is -0.349 e. The van der Waals surface area contributed by atoms with Gasteiger partial charge in [0, 0.05) is 6.42 Å². The summed E-state index contributed by atoms with van der Waals surface area (Å²) in [7, 11) is 0. The molecule has 0 aliphatic heterocycles. The molecule has 2 nitrogen and oxygen atoms in total. The maximum absolute atomic E-state index is 12.1. The first-order chi connectivity index (χ1) is 9.83. The smallest absolute Gasteiger partial charge is 0.220 e. The monoisotopic (exact) mass is 285 g/mol. The number of hydrogen-bond acceptors (Lipinski definition) is 2. The van der Waals surface area contributed by atoms with Crippen LogP contribution >= 0.6 is 11.3 Å². The van der Waals surface area contributed by atoms with Crippen molar-refractivity contribution < 1.29 is 4.79 Å². The Morgan fingerprint density at radius 2 is 2.05 bits per heavy atom. The SMILES string of the molecule is O=C(CCc1ccsc1)NC(c1ccccc1)C1CC1. The highest BCUT2D eigenvalue weighted by atomic mass is 32.1. The Balaban J connectivity index is 1.58. The molecule has 0 bridgehead atoms. The lowest BCUT2D eigenvalue weighted by Crippen LogP contribution is -2.30. The van der Waals surface area contributed by atoms with Crippen molar-refractivity contribution in [3.05, 3.63) is 58.3 Å². The molecule has 1 heterocycles. The largest absolute Gasteiger partial charge is 0.349 e. The second-order valence-electron chi connectivity index (χ2n) is 5.42. The van der Waals surface area contributed by atoms with E-state index in [2.05, 4.69) is 34.3 Å². The third-order valence-corrected chi connectivity index (χ3v) is 4.52. The summed E-state index contributed by atoms with van der Waals surface area (Å²) >= 11 is 1.69. The minimum atomic E-state index is 0.164. The summed E-state index contributed by atoms with van der Waals surface area (Å²) in [6.07, 6.45) is 3.86. The van der Waals surface area contributed by atoms with Gasteiger partial charge < -0.3 is 5.32 Å². The quantitative estimate of drug-likeness (QED) is 0.855. The van der Waals surface area contributed by atoms with Crippen molar-refractivity contribution in [3.63, 3.8) is 0 Å². The number of thiophene rings is 1. The molecular formula is C17H19NOS. The number of carbonyl (C=O) groups is 1. The van der Waals surface area contributed by atoms with E-state index in [4.69, 9.17) is 0 Å². The summed E-state index contributed by atoms with van der Waals surface area (Å²) in [4.78, 5) is 12.1. The van der Waals surface area contributed by atoms with E-state index < -0.39 is 0 Å². The first-order valence-corrected chi connectivity index (χ1v) is 8.12. The maximum atomic E-state index is 12.1. The second kappa shape index (κ2) is 6.23. The van der Waals surface area contributed by atoms with Crippen LogP contribution in [0.2, 0.25) is 0 Å². The molecule has 1 N–H and O–H groups in total. The van der Waals surface area contributed by atoms with E-state index in [1.165, 1.54) is 24.0 Å². The van der Waals surface area contributed by atoms with Crippen LogP contribution in [0.25, 0.3) is 0 Å². The zero-order valence-corrected chi connectivity index (χ0v) is 12.2. The number of carbonyl (C=O) groups excluding carboxylic acids is 1. The molecule has 1 amide bonds. The van der Waals surface area contributed by atoms with Crippen LogP contribution in [0.15, 0.2) is 47.2 Å². The molecule has 1 saturated carbocycles. The van der Waals surface area contributed by atoms with Gasteiger partial charge in [-0.25, -0.2) is 0 Å². The maximum Gasteiger partial charge on any atom is 0.220 e. The summed E-state index contributed by atoms with van der Waals surface area (Å²) in [5.41, 5.74) is 2.49. The van der Waals surface area contributed by atoms with E-state index in [0.717, 1.165) is 6.42 Å². The van der Waals surface area contributed by atoms with Crippen molar-refractivity contribution in [3.8, 4) is 0 Å². The third-order valence-electron chi connectivity index (χ3n) is 3.79. The van der Waals surface area contributed by atoms with Gasteiger partial charge in [0.15, 0.2) is 0 Å². The Hall–Kier alpha value is -1.61. The van der Waals surface area contributed by atoms with E-state index in [1.54, 1.807) is 11.3 Å². The molecule has 1 aliphatic carbocycles. The molecule has 1 aromatic heterocycles. The molecule has 0 saturated heterocycles. The van der Waals surface area contributed by atoms with Gasteiger partial charge >= 0.3 is 0 Å². The molecule has 104 valence electrons. The predicted molar refractivity (Wildman–Crippen MR) is 82.7 cm³/mol. The second-order valence-corrected chi connectivity index (χ2v) is 6.20. The molecule has 1 fully saturated rings. The Kier molecular flexibility index (Phi) is 4.16. The third kappa shape index (κ3) is 3.48. The Labute approximate surface area is 123 Å². The van der Waals surface area contributed by atoms with Gasteiger partial charge in [0.25, 0.3) is 0 Å². The molecule has 20 heavy (non-hydrogen) atoms. The molecule has 2 aromatic rings. The highest BCUT2D eigenvalue weighted by Crippen LogP contribution is 2.40. The molecule has 3 heteroatoms. The van der Waals surface area contributed by atoms with E-state index in [-0.39, 0.29) is 11.9 Å². The standard InChI is InChI=1S/C17H19NOS/c19-16(9-6-13-10-11-20-12-13)18-17(15-7-8-15)14-4-2-1-3-5-14/h1-5,10-12,15,17H,6-9H2,(H,18,19). The van der Waals surface area contributed by atoms with E-state index >= 15 is 0 Å². The van der Waals surface area contributed by atoms with Gasteiger partial charge in [-0.05, 0) is 53.1 Å². The van der Waals surface area contributed by atoms with Crippen LogP contribution < -0.4 is 5.32 Å². The minimum absolute atomic E-state index is 0.164. The first-order valence-electron chi connectivity index (χ1n) is 7.18. The fourth-order valence-electron chi connectivity index (χ4n) is 2.50. The van der Waals surface area contributed by atoms with Crippen molar-refractivity contribution >= 4 is 17.2 Å². The lowest BCUT2D eigenvalue weighted by Gasteiger charge is -2.18. The van der Waals surface area contributed by atoms with Crippen molar-refractivity contribution in [2.24, 2.45) is 5.92 Å². The lowest BCUT2D eigenvalue weighted by atomic mass is 10.0. The zero-order chi connectivity index (χ0) is 13.8. The van der Waals surface area contributed by atoms with Crippen molar-refractivity contribution in [1.29, 1.82) is 0 Å². The summed E-state index contributed by atoms with van der Waals surface area (Å²) in [6.45, 7) is 0. The van der Waals surface area contributed by atoms with Gasteiger partial charge in [0.1, 0.15) is 0 Å². The summed E-state index contributed by atoms with van der Waals surface area (Å²) in [5, 5.41) is 7.40. The van der Waals surface area contributed by atoms with Crippen LogP contribution in [0.3, 0.4) is 0 Å². The van der Waals surface area contributed by atoms with Crippen LogP contribution in [0.5, 0.6) is 0 Å². The summed E-state index contributed by atoms with van der Waals surface area (Å²) in [6, 6.07) is 12.6. The van der Waals surface area contributed by atoms with Crippen molar-refractivity contribution in [2.45, 2.75) is 31.7 Å². The van der Waals surface area contributed by atoms with Crippen LogP contribution in [0, 0.1) is 5.92 Å². The molecule has 0 spiro atoms. The number of aryl methyl sites for hydroxylation is 1. The topological polar surface area (TPSA) is 29.1 Å². The summed E-state index contributed by atoms with van der Waals surface area (Å²) in [5.74, 6) is 0.791. The lowest BCUT2D eigenvalue weighted by molar-refractivity contribution is -0.122. The molecule has 1 aliphatic rings. The highest BCUT2D eigenvalue weighted by molar-refractivity contribution is 7.07. The van der Waals surface area contributed by atoms with Gasteiger partial charge in [-0.3, -0.25) is 4.79 Å². The highest BCUT2D eigenvalue weighted by Gasteiger charge is 2.33. The Bertz CT molecular complexity index is 546. The van der Waals surface area contributed by atoms with Crippen molar-refractivity contribution in [2.75, 3.05) is 0 Å². The molecule has 1 atom stereocenters. The molecule has 0 radical (unpaired) electrons. The van der Waals surface area contributed by atoms with Crippen LogP contribution in [0.1, 0.15) is 36.4 Å². The molecule has 1 unspecified atom stereocenters. The number of nitrogens with one attached hydrogen (secondary N) is 1. The van der Waals surface area contributed by atoms with Gasteiger partial charge in [-0.1, -0.05) is 30.3 Å². The van der Waals surface area contributed by atoms with Gasteiger partial charge in [-0.2, -0.15) is 11.3 Å². The Morgan fingerprint density at radius 3 is 2.70 bits per heavy atom. The predicted octanol–water partition coefficient (Wildman–Crippen LogP) is 3.95. The van der Waals surface area contributed by atoms with E-state index in [9.17, 15) is 4.79 Å². The molecule has 3 rings (SSSR count). The molecular weight excluding hydrogens is 266 g/mol. The van der Waals surface area contributed by atoms with Crippen LogP contribution in [-0.2, 0) is 11.2 Å². The Morgan fingerprint density at radius 1 is 1.25 bits per heavy atom. The number of hydrogen-bond donors (Lipinski definition) is 1. The fourth-order valence-corrected chi connectivity index (χ4v) is 3.20. The fraction of sp³-hybridized carbons (Fsp3) is 0.353. The average Bonchev–Trinajstić information content (AvgIpc) is 3.19. The van der Waals surface area contributed by atoms with Crippen molar-refractivity contribution in [1.82, 2.24) is 5.32 Å². The van der Waals surface area contributed by atoms with Gasteiger partial charge in [0.05, 0.1) is 6.04 Å². The van der Waals surface area contributed by atoms with Gasteiger partial charge in [0.2, 0.25) is 5.91 Å². The molecule has 1 aromatic carbocycles.